The lowest BCUT2D eigenvalue weighted by Crippen LogP contribution is -1.97. The predicted octanol–water partition coefficient (Wildman–Crippen LogP) is 8.79. The average molecular weight is 548 g/mol. The highest BCUT2D eigenvalue weighted by Crippen LogP contribution is 2.38. The lowest BCUT2D eigenvalue weighted by atomic mass is 9.98. The first-order valence-electron chi connectivity index (χ1n) is 13.7. The van der Waals surface area contributed by atoms with E-state index in [9.17, 15) is 15.8 Å². The summed E-state index contributed by atoms with van der Waals surface area (Å²) in [5.74, 6) is 0. The number of hydrogen-bond acceptors (Lipinski definition) is 4. The van der Waals surface area contributed by atoms with E-state index in [0.717, 1.165) is 60.9 Å². The highest BCUT2D eigenvalue weighted by atomic mass is 15.0. The normalized spacial score (nSPS) is 10.7. The minimum absolute atomic E-state index is 0.538. The molecule has 0 unspecified atom stereocenters. The van der Waals surface area contributed by atoms with Crippen LogP contribution in [0.1, 0.15) is 16.7 Å². The Balaban J connectivity index is 1.57. The Morgan fingerprint density at radius 3 is 1.58 bits per heavy atom. The van der Waals surface area contributed by atoms with Crippen molar-refractivity contribution in [2.24, 2.45) is 0 Å². The maximum absolute atomic E-state index is 10.0. The second kappa shape index (κ2) is 10.5. The molecule has 0 aliphatic carbocycles. The van der Waals surface area contributed by atoms with Crippen LogP contribution in [-0.2, 0) is 0 Å². The Bertz CT molecular complexity index is 2210. The Kier molecular flexibility index (Phi) is 6.22. The van der Waals surface area contributed by atoms with Crippen LogP contribution in [-0.4, -0.2) is 9.55 Å². The van der Waals surface area contributed by atoms with Crippen molar-refractivity contribution in [3.63, 3.8) is 0 Å². The highest BCUT2D eigenvalue weighted by molar-refractivity contribution is 6.11. The van der Waals surface area contributed by atoms with Gasteiger partial charge in [-0.15, -0.1) is 0 Å². The summed E-state index contributed by atoms with van der Waals surface area (Å²) >= 11 is 0. The molecule has 2 heterocycles. The molecule has 0 saturated carbocycles. The molecular weight excluding hydrogens is 526 g/mol. The van der Waals surface area contributed by atoms with E-state index >= 15 is 0 Å². The maximum atomic E-state index is 10.0. The number of aromatic nitrogens is 2. The summed E-state index contributed by atoms with van der Waals surface area (Å²) in [6.45, 7) is 0. The van der Waals surface area contributed by atoms with Crippen molar-refractivity contribution in [1.82, 2.24) is 9.55 Å². The second-order valence-electron chi connectivity index (χ2n) is 10.2. The van der Waals surface area contributed by atoms with E-state index in [1.807, 2.05) is 72.8 Å². The van der Waals surface area contributed by atoms with Gasteiger partial charge in [-0.3, -0.25) is 4.98 Å². The van der Waals surface area contributed by atoms with Crippen LogP contribution in [0.4, 0.5) is 0 Å². The molecule has 7 aromatic rings. The van der Waals surface area contributed by atoms with Crippen LogP contribution >= 0.6 is 0 Å². The Morgan fingerprint density at radius 2 is 1.05 bits per heavy atom. The van der Waals surface area contributed by atoms with Crippen molar-refractivity contribution in [3.8, 4) is 57.3 Å². The molecule has 0 amide bonds. The van der Waals surface area contributed by atoms with Crippen LogP contribution in [0.2, 0.25) is 0 Å². The summed E-state index contributed by atoms with van der Waals surface area (Å²) < 4.78 is 2.17. The van der Waals surface area contributed by atoms with Crippen molar-refractivity contribution in [2.75, 3.05) is 0 Å². The van der Waals surface area contributed by atoms with Crippen molar-refractivity contribution in [2.45, 2.75) is 0 Å². The summed E-state index contributed by atoms with van der Waals surface area (Å²) in [5, 5.41) is 31.7. The summed E-state index contributed by atoms with van der Waals surface area (Å²) in [6, 6.07) is 44.4. The SMILES string of the molecule is N#Cc1cc(-c2ccncc2)cc(-n2c3cc(-c4ccccc4C#N)ccc3c3ccc(-c4ccccc4C#N)cc32)c1. The molecule has 0 aliphatic heterocycles. The molecular formula is C38H21N5. The Labute approximate surface area is 248 Å². The topological polar surface area (TPSA) is 89.2 Å². The van der Waals surface area contributed by atoms with E-state index in [-0.39, 0.29) is 0 Å². The van der Waals surface area contributed by atoms with Crippen molar-refractivity contribution in [1.29, 1.82) is 15.8 Å². The van der Waals surface area contributed by atoms with Gasteiger partial charge in [-0.05, 0) is 88.0 Å². The van der Waals surface area contributed by atoms with Gasteiger partial charge in [-0.25, -0.2) is 0 Å². The van der Waals surface area contributed by atoms with Crippen LogP contribution in [0.25, 0.3) is 60.9 Å². The zero-order valence-electron chi connectivity index (χ0n) is 22.9. The maximum Gasteiger partial charge on any atom is 0.0998 e. The molecule has 0 bridgehead atoms. The summed E-state index contributed by atoms with van der Waals surface area (Å²) in [4.78, 5) is 4.16. The fourth-order valence-electron chi connectivity index (χ4n) is 5.81. The van der Waals surface area contributed by atoms with Gasteiger partial charge in [0, 0.05) is 28.9 Å². The van der Waals surface area contributed by atoms with E-state index in [1.54, 1.807) is 12.4 Å². The molecule has 0 fully saturated rings. The molecule has 0 aliphatic rings. The van der Waals surface area contributed by atoms with Gasteiger partial charge in [0.1, 0.15) is 0 Å². The first kappa shape index (κ1) is 25.5. The number of nitriles is 3. The Morgan fingerprint density at radius 1 is 0.488 bits per heavy atom. The minimum atomic E-state index is 0.538. The van der Waals surface area contributed by atoms with Gasteiger partial charge in [0.25, 0.3) is 0 Å². The van der Waals surface area contributed by atoms with E-state index < -0.39 is 0 Å². The van der Waals surface area contributed by atoms with Crippen LogP contribution < -0.4 is 0 Å². The molecule has 0 spiro atoms. The molecule has 43 heavy (non-hydrogen) atoms. The third kappa shape index (κ3) is 4.37. The molecule has 0 radical (unpaired) electrons. The summed E-state index contributed by atoms with van der Waals surface area (Å²) in [7, 11) is 0. The third-order valence-electron chi connectivity index (χ3n) is 7.80. The van der Waals surface area contributed by atoms with Gasteiger partial charge in [-0.1, -0.05) is 60.7 Å². The molecule has 5 aromatic carbocycles. The standard InChI is InChI=1S/C38H21N5/c39-22-25-17-31(26-13-15-42-16-14-26)19-32(18-25)43-37-20-27(33-7-3-1-5-29(33)23-40)9-11-35(37)36-12-10-28(21-38(36)43)34-8-4-2-6-30(34)24-41/h1-21H. The van der Waals surface area contributed by atoms with E-state index in [2.05, 4.69) is 70.2 Å². The zero-order chi connectivity index (χ0) is 29.3. The van der Waals surface area contributed by atoms with Gasteiger partial charge in [0.2, 0.25) is 0 Å². The molecule has 0 atom stereocenters. The first-order chi connectivity index (χ1) is 21.2. The van der Waals surface area contributed by atoms with Gasteiger partial charge >= 0.3 is 0 Å². The van der Waals surface area contributed by atoms with Gasteiger partial charge < -0.3 is 4.57 Å². The molecule has 5 heteroatoms. The van der Waals surface area contributed by atoms with Gasteiger partial charge in [-0.2, -0.15) is 15.8 Å². The summed E-state index contributed by atoms with van der Waals surface area (Å²) in [5.41, 5.74) is 9.90. The number of benzene rings is 5. The fourth-order valence-corrected chi connectivity index (χ4v) is 5.81. The quantitative estimate of drug-likeness (QED) is 0.220. The van der Waals surface area contributed by atoms with Crippen LogP contribution in [0.15, 0.2) is 128 Å². The molecule has 0 N–H and O–H groups in total. The number of nitrogens with zero attached hydrogens (tertiary/aromatic N) is 5. The summed E-state index contributed by atoms with van der Waals surface area (Å²) in [6.07, 6.45) is 3.48. The second-order valence-corrected chi connectivity index (χ2v) is 10.2. The number of rotatable bonds is 4. The van der Waals surface area contributed by atoms with Crippen LogP contribution in [0, 0.1) is 34.0 Å². The van der Waals surface area contributed by atoms with Crippen molar-refractivity contribution < 1.29 is 0 Å². The highest BCUT2D eigenvalue weighted by Gasteiger charge is 2.17. The molecule has 5 nitrogen and oxygen atoms in total. The van der Waals surface area contributed by atoms with Crippen molar-refractivity contribution >= 4 is 21.8 Å². The predicted molar refractivity (Wildman–Crippen MR) is 169 cm³/mol. The first-order valence-corrected chi connectivity index (χ1v) is 13.7. The molecule has 7 rings (SSSR count). The molecule has 2 aromatic heterocycles. The minimum Gasteiger partial charge on any atom is -0.309 e. The van der Waals surface area contributed by atoms with E-state index in [1.165, 1.54) is 0 Å². The monoisotopic (exact) mass is 547 g/mol. The number of pyridine rings is 1. The van der Waals surface area contributed by atoms with E-state index in [0.29, 0.717) is 16.7 Å². The lowest BCUT2D eigenvalue weighted by Gasteiger charge is -2.13. The van der Waals surface area contributed by atoms with Gasteiger partial charge in [0.05, 0.1) is 45.9 Å². The third-order valence-corrected chi connectivity index (χ3v) is 7.80. The van der Waals surface area contributed by atoms with Crippen LogP contribution in [0.3, 0.4) is 0 Å². The molecule has 198 valence electrons. The number of hydrogen-bond donors (Lipinski definition) is 0. The van der Waals surface area contributed by atoms with Crippen LogP contribution in [0.5, 0.6) is 0 Å². The van der Waals surface area contributed by atoms with Gasteiger partial charge in [0.15, 0.2) is 0 Å². The average Bonchev–Trinajstić information content (AvgIpc) is 3.41. The Hall–Kier alpha value is -6.48. The van der Waals surface area contributed by atoms with Crippen molar-refractivity contribution in [3.05, 3.63) is 144 Å². The van der Waals surface area contributed by atoms with E-state index in [4.69, 9.17) is 0 Å². The zero-order valence-corrected chi connectivity index (χ0v) is 22.9. The fraction of sp³-hybridized carbons (Fsp3) is 0. The largest absolute Gasteiger partial charge is 0.309 e. The lowest BCUT2D eigenvalue weighted by molar-refractivity contribution is 1.18. The number of fused-ring (bicyclic) bond motifs is 3. The smallest absolute Gasteiger partial charge is 0.0998 e. The molecule has 0 saturated heterocycles.